The number of aromatic nitrogens is 4. The highest BCUT2D eigenvalue weighted by molar-refractivity contribution is 5.95. The number of hydrogen-bond acceptors (Lipinski definition) is 6. The highest BCUT2D eigenvalue weighted by Gasteiger charge is 2.20. The summed E-state index contributed by atoms with van der Waals surface area (Å²) in [6, 6.07) is 12.6. The minimum atomic E-state index is -0.172. The summed E-state index contributed by atoms with van der Waals surface area (Å²) in [5.74, 6) is 0.383. The number of carbonyl (C=O) groups excluding carboxylic acids is 1. The zero-order valence-corrected chi connectivity index (χ0v) is 15.5. The van der Waals surface area contributed by atoms with Gasteiger partial charge in [0.15, 0.2) is 0 Å². The predicted octanol–water partition coefficient (Wildman–Crippen LogP) is 3.17. The normalized spacial score (nSPS) is 11.7. The third-order valence-electron chi connectivity index (χ3n) is 4.27. The zero-order chi connectivity index (χ0) is 19.2. The molecule has 1 atom stereocenters. The molecule has 1 aromatic carbocycles. The van der Waals surface area contributed by atoms with E-state index in [0.29, 0.717) is 23.7 Å². The lowest BCUT2D eigenvalue weighted by molar-refractivity contribution is 0.0739. The van der Waals surface area contributed by atoms with Crippen LogP contribution in [-0.2, 0) is 0 Å². The lowest BCUT2D eigenvalue weighted by atomic mass is 10.1. The van der Waals surface area contributed by atoms with Crippen LogP contribution < -0.4 is 4.74 Å². The van der Waals surface area contributed by atoms with E-state index in [-0.39, 0.29) is 11.9 Å². The van der Waals surface area contributed by atoms with E-state index in [2.05, 4.69) is 20.2 Å². The van der Waals surface area contributed by atoms with Crippen molar-refractivity contribution in [3.8, 4) is 17.1 Å². The monoisotopic (exact) mass is 363 g/mol. The number of amides is 1. The van der Waals surface area contributed by atoms with Gasteiger partial charge in [0.25, 0.3) is 5.91 Å². The number of hydrogen-bond donors (Lipinski definition) is 0. The second-order valence-corrected chi connectivity index (χ2v) is 6.00. The molecule has 7 heteroatoms. The largest absolute Gasteiger partial charge is 0.477 e. The summed E-state index contributed by atoms with van der Waals surface area (Å²) in [5, 5.41) is 8.22. The second kappa shape index (κ2) is 8.35. The lowest BCUT2D eigenvalue weighted by Gasteiger charge is -2.24. The number of nitrogens with zero attached hydrogens (tertiary/aromatic N) is 5. The van der Waals surface area contributed by atoms with Crippen LogP contribution in [0.4, 0.5) is 0 Å². The third kappa shape index (κ3) is 4.25. The molecule has 0 aliphatic rings. The van der Waals surface area contributed by atoms with Crippen molar-refractivity contribution in [3.63, 3.8) is 0 Å². The first kappa shape index (κ1) is 18.4. The van der Waals surface area contributed by atoms with Crippen LogP contribution in [0.2, 0.25) is 0 Å². The molecule has 0 unspecified atom stereocenters. The minimum absolute atomic E-state index is 0.0955. The van der Waals surface area contributed by atoms with Gasteiger partial charge in [0.05, 0.1) is 24.0 Å². The molecule has 138 valence electrons. The van der Waals surface area contributed by atoms with Gasteiger partial charge in [-0.25, -0.2) is 9.97 Å². The van der Waals surface area contributed by atoms with Gasteiger partial charge in [-0.3, -0.25) is 4.79 Å². The number of carbonyl (C=O) groups is 1. The first-order valence-corrected chi connectivity index (χ1v) is 8.70. The Bertz CT molecular complexity index is 900. The SMILES string of the molecule is CCOc1ccc(-c2cccc(C(=O)N(C)[C@H](C)c3ccncn3)c2)nn1. The van der Waals surface area contributed by atoms with E-state index in [0.717, 1.165) is 11.3 Å². The average Bonchev–Trinajstić information content (AvgIpc) is 2.73. The summed E-state index contributed by atoms with van der Waals surface area (Å²) in [5.41, 5.74) is 2.86. The summed E-state index contributed by atoms with van der Waals surface area (Å²) >= 11 is 0. The van der Waals surface area contributed by atoms with E-state index < -0.39 is 0 Å². The molecule has 2 heterocycles. The molecule has 3 aromatic rings. The summed E-state index contributed by atoms with van der Waals surface area (Å²) in [6.07, 6.45) is 3.15. The fraction of sp³-hybridized carbons (Fsp3) is 0.250. The molecule has 2 aromatic heterocycles. The van der Waals surface area contributed by atoms with Crippen LogP contribution in [0.5, 0.6) is 5.88 Å². The molecule has 0 saturated carbocycles. The zero-order valence-electron chi connectivity index (χ0n) is 15.5. The van der Waals surface area contributed by atoms with Crippen LogP contribution in [0.15, 0.2) is 55.0 Å². The molecule has 27 heavy (non-hydrogen) atoms. The van der Waals surface area contributed by atoms with Gasteiger partial charge in [-0.2, -0.15) is 0 Å². The van der Waals surface area contributed by atoms with Gasteiger partial charge in [0, 0.05) is 30.4 Å². The molecule has 1 amide bonds. The lowest BCUT2D eigenvalue weighted by Crippen LogP contribution is -2.30. The van der Waals surface area contributed by atoms with Gasteiger partial charge in [-0.1, -0.05) is 12.1 Å². The Morgan fingerprint density at radius 3 is 2.70 bits per heavy atom. The van der Waals surface area contributed by atoms with E-state index in [4.69, 9.17) is 4.74 Å². The Hall–Kier alpha value is -3.35. The maximum Gasteiger partial charge on any atom is 0.254 e. The molecule has 3 rings (SSSR count). The van der Waals surface area contributed by atoms with Gasteiger partial charge in [0.1, 0.15) is 6.33 Å². The van der Waals surface area contributed by atoms with Crippen LogP contribution in [0.1, 0.15) is 35.9 Å². The smallest absolute Gasteiger partial charge is 0.254 e. The van der Waals surface area contributed by atoms with Crippen molar-refractivity contribution in [2.45, 2.75) is 19.9 Å². The Balaban J connectivity index is 1.81. The number of benzene rings is 1. The summed E-state index contributed by atoms with van der Waals surface area (Å²) in [6.45, 7) is 4.36. The van der Waals surface area contributed by atoms with Crippen LogP contribution >= 0.6 is 0 Å². The molecule has 0 aliphatic carbocycles. The van der Waals surface area contributed by atoms with E-state index in [9.17, 15) is 4.79 Å². The van der Waals surface area contributed by atoms with E-state index in [1.807, 2.05) is 38.1 Å². The van der Waals surface area contributed by atoms with Crippen LogP contribution in [0.25, 0.3) is 11.3 Å². The topological polar surface area (TPSA) is 81.1 Å². The molecular weight excluding hydrogens is 342 g/mol. The van der Waals surface area contributed by atoms with Gasteiger partial charge in [-0.05, 0) is 38.1 Å². The second-order valence-electron chi connectivity index (χ2n) is 6.00. The molecule has 7 nitrogen and oxygen atoms in total. The highest BCUT2D eigenvalue weighted by atomic mass is 16.5. The van der Waals surface area contributed by atoms with Crippen LogP contribution in [0.3, 0.4) is 0 Å². The summed E-state index contributed by atoms with van der Waals surface area (Å²) in [7, 11) is 1.76. The fourth-order valence-corrected chi connectivity index (χ4v) is 2.64. The highest BCUT2D eigenvalue weighted by Crippen LogP contribution is 2.22. The molecule has 0 spiro atoms. The van der Waals surface area contributed by atoms with Gasteiger partial charge < -0.3 is 9.64 Å². The molecule has 0 saturated heterocycles. The van der Waals surface area contributed by atoms with Crippen molar-refractivity contribution in [3.05, 3.63) is 66.2 Å². The van der Waals surface area contributed by atoms with Crippen molar-refractivity contribution < 1.29 is 9.53 Å². The molecule has 0 aliphatic heterocycles. The minimum Gasteiger partial charge on any atom is -0.477 e. The molecule has 0 bridgehead atoms. The number of rotatable bonds is 6. The molecule has 0 fully saturated rings. The Kier molecular flexibility index (Phi) is 5.71. The summed E-state index contributed by atoms with van der Waals surface area (Å²) in [4.78, 5) is 22.7. The Morgan fingerprint density at radius 2 is 2.04 bits per heavy atom. The van der Waals surface area contributed by atoms with Crippen molar-refractivity contribution in [1.82, 2.24) is 25.1 Å². The van der Waals surface area contributed by atoms with E-state index >= 15 is 0 Å². The van der Waals surface area contributed by atoms with Gasteiger partial charge >= 0.3 is 0 Å². The molecule has 0 N–H and O–H groups in total. The maximum atomic E-state index is 12.9. The average molecular weight is 363 g/mol. The first-order chi connectivity index (χ1) is 13.1. The van der Waals surface area contributed by atoms with Crippen molar-refractivity contribution in [1.29, 1.82) is 0 Å². The summed E-state index contributed by atoms with van der Waals surface area (Å²) < 4.78 is 5.31. The van der Waals surface area contributed by atoms with E-state index in [1.165, 1.54) is 6.33 Å². The molecule has 0 radical (unpaired) electrons. The predicted molar refractivity (Wildman–Crippen MR) is 101 cm³/mol. The standard InChI is InChI=1S/C20H21N5O2/c1-4-27-19-9-8-18(23-24-19)15-6-5-7-16(12-15)20(26)25(3)14(2)17-10-11-21-13-22-17/h5-14H,4H2,1-3H3/t14-/m1/s1. The molecular formula is C20H21N5O2. The number of ether oxygens (including phenoxy) is 1. The van der Waals surface area contributed by atoms with Crippen molar-refractivity contribution in [2.75, 3.05) is 13.7 Å². The Labute approximate surface area is 158 Å². The van der Waals surface area contributed by atoms with Crippen molar-refractivity contribution in [2.24, 2.45) is 0 Å². The van der Waals surface area contributed by atoms with Crippen molar-refractivity contribution >= 4 is 5.91 Å². The first-order valence-electron chi connectivity index (χ1n) is 8.70. The quantitative estimate of drug-likeness (QED) is 0.669. The van der Waals surface area contributed by atoms with Gasteiger partial charge in [-0.15, -0.1) is 10.2 Å². The Morgan fingerprint density at radius 1 is 1.19 bits per heavy atom. The van der Waals surface area contributed by atoms with Crippen LogP contribution in [-0.4, -0.2) is 44.6 Å². The van der Waals surface area contributed by atoms with Gasteiger partial charge in [0.2, 0.25) is 5.88 Å². The fourth-order valence-electron chi connectivity index (χ4n) is 2.64. The third-order valence-corrected chi connectivity index (χ3v) is 4.27. The van der Waals surface area contributed by atoms with E-state index in [1.54, 1.807) is 36.3 Å². The maximum absolute atomic E-state index is 12.9. The van der Waals surface area contributed by atoms with Crippen LogP contribution in [0, 0.1) is 0 Å².